The number of ether oxygens (including phenoxy) is 3. The highest BCUT2D eigenvalue weighted by molar-refractivity contribution is 9.08. The molecule has 0 saturated heterocycles. The van der Waals surface area contributed by atoms with Crippen molar-refractivity contribution in [2.75, 3.05) is 14.2 Å². The van der Waals surface area contributed by atoms with Crippen LogP contribution in [0.1, 0.15) is 11.1 Å². The molecular formula is C16H16BrClO3. The Morgan fingerprint density at radius 3 is 2.43 bits per heavy atom. The summed E-state index contributed by atoms with van der Waals surface area (Å²) in [4.78, 5) is 0. The number of methoxy groups -OCH3 is 2. The van der Waals surface area contributed by atoms with Gasteiger partial charge in [-0.25, -0.2) is 0 Å². The first kappa shape index (κ1) is 16.0. The van der Waals surface area contributed by atoms with Gasteiger partial charge in [-0.05, 0) is 24.3 Å². The first-order chi connectivity index (χ1) is 10.2. The molecule has 0 unspecified atom stereocenters. The molecule has 0 aliphatic rings. The predicted molar refractivity (Wildman–Crippen MR) is 88.0 cm³/mol. The molecule has 0 atom stereocenters. The van der Waals surface area contributed by atoms with Gasteiger partial charge in [-0.1, -0.05) is 39.7 Å². The molecular weight excluding hydrogens is 356 g/mol. The van der Waals surface area contributed by atoms with Crippen molar-refractivity contribution >= 4 is 27.5 Å². The standard InChI is InChI=1S/C16H16BrClO3/c1-19-14-7-6-13(18)8-12(14)10-21-16-11(9-17)4-3-5-15(16)20-2/h3-8H,9-10H2,1-2H3. The lowest BCUT2D eigenvalue weighted by Crippen LogP contribution is -2.02. The molecule has 0 saturated carbocycles. The highest BCUT2D eigenvalue weighted by Gasteiger charge is 2.12. The Hall–Kier alpha value is -1.39. The number of alkyl halides is 1. The Balaban J connectivity index is 2.26. The monoisotopic (exact) mass is 370 g/mol. The van der Waals surface area contributed by atoms with Gasteiger partial charge in [0, 0.05) is 21.5 Å². The van der Waals surface area contributed by atoms with E-state index in [4.69, 9.17) is 25.8 Å². The second-order valence-electron chi connectivity index (χ2n) is 4.33. The SMILES string of the molecule is COc1ccc(Cl)cc1COc1c(CBr)cccc1OC. The zero-order valence-corrected chi connectivity index (χ0v) is 14.2. The zero-order chi connectivity index (χ0) is 15.2. The first-order valence-electron chi connectivity index (χ1n) is 6.36. The number of benzene rings is 2. The van der Waals surface area contributed by atoms with Crippen LogP contribution in [0.5, 0.6) is 17.2 Å². The summed E-state index contributed by atoms with van der Waals surface area (Å²) in [6.45, 7) is 0.351. The van der Waals surface area contributed by atoms with Crippen LogP contribution in [0.15, 0.2) is 36.4 Å². The van der Waals surface area contributed by atoms with Gasteiger partial charge >= 0.3 is 0 Å². The third-order valence-corrected chi connectivity index (χ3v) is 3.88. The van der Waals surface area contributed by atoms with E-state index in [1.807, 2.05) is 30.3 Å². The quantitative estimate of drug-likeness (QED) is 0.681. The maximum atomic E-state index is 6.03. The van der Waals surface area contributed by atoms with Crippen LogP contribution in [-0.2, 0) is 11.9 Å². The van der Waals surface area contributed by atoms with Crippen molar-refractivity contribution < 1.29 is 14.2 Å². The third kappa shape index (κ3) is 3.83. The van der Waals surface area contributed by atoms with Crippen LogP contribution in [0.25, 0.3) is 0 Å². The van der Waals surface area contributed by atoms with E-state index in [2.05, 4.69) is 15.9 Å². The molecule has 0 spiro atoms. The van der Waals surface area contributed by atoms with Gasteiger partial charge in [0.15, 0.2) is 11.5 Å². The Morgan fingerprint density at radius 2 is 1.76 bits per heavy atom. The molecule has 0 bridgehead atoms. The Labute approximate surface area is 137 Å². The van der Waals surface area contributed by atoms with Gasteiger partial charge in [0.1, 0.15) is 12.4 Å². The summed E-state index contributed by atoms with van der Waals surface area (Å²) in [5, 5.41) is 1.33. The minimum Gasteiger partial charge on any atom is -0.496 e. The van der Waals surface area contributed by atoms with Gasteiger partial charge in [-0.15, -0.1) is 0 Å². The Morgan fingerprint density at radius 1 is 1.00 bits per heavy atom. The van der Waals surface area contributed by atoms with Crippen LogP contribution in [0, 0.1) is 0 Å². The number of rotatable bonds is 6. The first-order valence-corrected chi connectivity index (χ1v) is 7.86. The maximum absolute atomic E-state index is 6.03. The fourth-order valence-electron chi connectivity index (χ4n) is 2.00. The fourth-order valence-corrected chi connectivity index (χ4v) is 2.64. The van der Waals surface area contributed by atoms with E-state index in [0.29, 0.717) is 22.7 Å². The molecule has 21 heavy (non-hydrogen) atoms. The Bertz CT molecular complexity index is 594. The zero-order valence-electron chi connectivity index (χ0n) is 11.9. The van der Waals surface area contributed by atoms with E-state index >= 15 is 0 Å². The van der Waals surface area contributed by atoms with Gasteiger partial charge in [0.05, 0.1) is 14.2 Å². The van der Waals surface area contributed by atoms with E-state index in [0.717, 1.165) is 22.6 Å². The summed E-state index contributed by atoms with van der Waals surface area (Å²) in [6.07, 6.45) is 0. The topological polar surface area (TPSA) is 27.7 Å². The van der Waals surface area contributed by atoms with Crippen LogP contribution < -0.4 is 14.2 Å². The van der Waals surface area contributed by atoms with Crippen molar-refractivity contribution in [2.45, 2.75) is 11.9 Å². The summed E-state index contributed by atoms with van der Waals surface area (Å²) in [5.41, 5.74) is 1.91. The second kappa shape index (κ2) is 7.57. The molecule has 0 radical (unpaired) electrons. The average Bonchev–Trinajstić information content (AvgIpc) is 2.52. The maximum Gasteiger partial charge on any atom is 0.165 e. The summed E-state index contributed by atoms with van der Waals surface area (Å²) >= 11 is 9.49. The van der Waals surface area contributed by atoms with E-state index in [1.54, 1.807) is 20.3 Å². The normalized spacial score (nSPS) is 10.3. The number of hydrogen-bond acceptors (Lipinski definition) is 3. The van der Waals surface area contributed by atoms with Crippen LogP contribution >= 0.6 is 27.5 Å². The fraction of sp³-hybridized carbons (Fsp3) is 0.250. The van der Waals surface area contributed by atoms with Gasteiger partial charge in [-0.3, -0.25) is 0 Å². The molecule has 0 aliphatic heterocycles. The summed E-state index contributed by atoms with van der Waals surface area (Å²) < 4.78 is 16.6. The summed E-state index contributed by atoms with van der Waals surface area (Å²) in [7, 11) is 3.25. The molecule has 0 fully saturated rings. The molecule has 112 valence electrons. The average molecular weight is 372 g/mol. The molecule has 0 heterocycles. The smallest absolute Gasteiger partial charge is 0.165 e. The van der Waals surface area contributed by atoms with Gasteiger partial charge in [0.2, 0.25) is 0 Å². The molecule has 0 aliphatic carbocycles. The molecule has 2 aromatic carbocycles. The van der Waals surface area contributed by atoms with Crippen molar-refractivity contribution in [1.82, 2.24) is 0 Å². The molecule has 5 heteroatoms. The lowest BCUT2D eigenvalue weighted by molar-refractivity contribution is 0.276. The van der Waals surface area contributed by atoms with E-state index in [9.17, 15) is 0 Å². The van der Waals surface area contributed by atoms with Gasteiger partial charge in [-0.2, -0.15) is 0 Å². The largest absolute Gasteiger partial charge is 0.496 e. The van der Waals surface area contributed by atoms with Crippen molar-refractivity contribution in [1.29, 1.82) is 0 Å². The molecule has 0 amide bonds. The van der Waals surface area contributed by atoms with Crippen molar-refractivity contribution in [3.05, 3.63) is 52.5 Å². The Kier molecular flexibility index (Phi) is 5.76. The lowest BCUT2D eigenvalue weighted by Gasteiger charge is -2.15. The van der Waals surface area contributed by atoms with Crippen molar-refractivity contribution in [3.63, 3.8) is 0 Å². The van der Waals surface area contributed by atoms with E-state index in [-0.39, 0.29) is 0 Å². The summed E-state index contributed by atoms with van der Waals surface area (Å²) in [6, 6.07) is 11.2. The molecule has 2 aromatic rings. The highest BCUT2D eigenvalue weighted by atomic mass is 79.9. The number of para-hydroxylation sites is 1. The molecule has 0 aromatic heterocycles. The van der Waals surface area contributed by atoms with Crippen LogP contribution in [0.4, 0.5) is 0 Å². The molecule has 2 rings (SSSR count). The van der Waals surface area contributed by atoms with Crippen LogP contribution in [0.2, 0.25) is 5.02 Å². The van der Waals surface area contributed by atoms with E-state index < -0.39 is 0 Å². The minimum atomic E-state index is 0.351. The van der Waals surface area contributed by atoms with Gasteiger partial charge in [0.25, 0.3) is 0 Å². The van der Waals surface area contributed by atoms with Crippen molar-refractivity contribution in [3.8, 4) is 17.2 Å². The molecule has 3 nitrogen and oxygen atoms in total. The lowest BCUT2D eigenvalue weighted by atomic mass is 10.2. The number of hydrogen-bond donors (Lipinski definition) is 0. The summed E-state index contributed by atoms with van der Waals surface area (Å²) in [5.74, 6) is 2.17. The van der Waals surface area contributed by atoms with Crippen molar-refractivity contribution in [2.24, 2.45) is 0 Å². The van der Waals surface area contributed by atoms with E-state index in [1.165, 1.54) is 0 Å². The second-order valence-corrected chi connectivity index (χ2v) is 5.32. The number of halogens is 2. The van der Waals surface area contributed by atoms with Crippen LogP contribution in [-0.4, -0.2) is 14.2 Å². The highest BCUT2D eigenvalue weighted by Crippen LogP contribution is 2.34. The van der Waals surface area contributed by atoms with Gasteiger partial charge < -0.3 is 14.2 Å². The minimum absolute atomic E-state index is 0.351. The van der Waals surface area contributed by atoms with Crippen LogP contribution in [0.3, 0.4) is 0 Å². The predicted octanol–water partition coefficient (Wildman–Crippen LogP) is 4.83. The third-order valence-electron chi connectivity index (χ3n) is 3.04. The molecule has 0 N–H and O–H groups in total.